The molecule has 4 nitrogen and oxygen atoms in total. The number of ether oxygens (including phenoxy) is 1. The summed E-state index contributed by atoms with van der Waals surface area (Å²) in [7, 11) is 0. The zero-order valence-electron chi connectivity index (χ0n) is 11.1. The summed E-state index contributed by atoms with van der Waals surface area (Å²) in [6.07, 6.45) is 3.76. The van der Waals surface area contributed by atoms with E-state index in [9.17, 15) is 9.18 Å². The molecule has 0 radical (unpaired) electrons. The first-order valence-electron chi connectivity index (χ1n) is 6.21. The summed E-state index contributed by atoms with van der Waals surface area (Å²) in [6.45, 7) is 1.23. The normalized spacial score (nSPS) is 11.3. The maximum absolute atomic E-state index is 13.8. The zero-order chi connectivity index (χ0) is 14.8. The smallest absolute Gasteiger partial charge is 0.308 e. The maximum atomic E-state index is 13.8. The van der Waals surface area contributed by atoms with Crippen molar-refractivity contribution in [2.75, 3.05) is 0 Å². The third-order valence-corrected chi connectivity index (χ3v) is 3.68. The number of hydrogen-bond donors (Lipinski definition) is 1. The minimum atomic E-state index is -0.602. The zero-order valence-corrected chi connectivity index (χ0v) is 11.9. The van der Waals surface area contributed by atoms with Gasteiger partial charge in [-0.1, -0.05) is 6.07 Å². The van der Waals surface area contributed by atoms with Crippen molar-refractivity contribution < 1.29 is 13.9 Å². The van der Waals surface area contributed by atoms with Crippen molar-refractivity contribution in [2.45, 2.75) is 6.92 Å². The van der Waals surface area contributed by atoms with E-state index < -0.39 is 11.8 Å². The molecule has 0 unspecified atom stereocenters. The number of fused-ring (bicyclic) bond motifs is 1. The first-order valence-corrected chi connectivity index (χ1v) is 7.09. The topological polar surface area (TPSA) is 55.0 Å². The van der Waals surface area contributed by atoms with Gasteiger partial charge in [0.15, 0.2) is 11.6 Å². The van der Waals surface area contributed by atoms with E-state index >= 15 is 0 Å². The molecule has 3 rings (SSSR count). The number of halogens is 1. The van der Waals surface area contributed by atoms with Gasteiger partial charge in [0.2, 0.25) is 0 Å². The molecule has 1 aromatic carbocycles. The molecule has 0 bridgehead atoms. The molecule has 0 saturated carbocycles. The van der Waals surface area contributed by atoms with Crippen molar-refractivity contribution in [3.8, 4) is 5.75 Å². The van der Waals surface area contributed by atoms with Gasteiger partial charge in [0.25, 0.3) is 0 Å². The van der Waals surface area contributed by atoms with Crippen LogP contribution in [0.1, 0.15) is 17.5 Å². The van der Waals surface area contributed by atoms with Crippen molar-refractivity contribution in [3.63, 3.8) is 0 Å². The Kier molecular flexibility index (Phi) is 3.53. The fourth-order valence-corrected chi connectivity index (χ4v) is 2.56. The summed E-state index contributed by atoms with van der Waals surface area (Å²) >= 11 is 1.61. The highest BCUT2D eigenvalue weighted by Gasteiger charge is 2.12. The van der Waals surface area contributed by atoms with E-state index in [4.69, 9.17) is 4.74 Å². The molecule has 2 heterocycles. The number of carbonyl (C=O) groups excluding carboxylic acids is 1. The molecule has 1 N–H and O–H groups in total. The average Bonchev–Trinajstić information content (AvgIpc) is 3.06. The van der Waals surface area contributed by atoms with Crippen LogP contribution in [0.4, 0.5) is 4.39 Å². The number of nitrogens with one attached hydrogen (secondary N) is 1. The van der Waals surface area contributed by atoms with Gasteiger partial charge in [0, 0.05) is 23.3 Å². The molecule has 3 aromatic rings. The number of thiophene rings is 1. The van der Waals surface area contributed by atoms with Crippen molar-refractivity contribution >= 4 is 40.4 Å². The Hall–Kier alpha value is -2.47. The number of aromatic amines is 1. The number of nitrogens with zero attached hydrogens (tertiary/aromatic N) is 1. The second kappa shape index (κ2) is 5.49. The van der Waals surface area contributed by atoms with Gasteiger partial charge >= 0.3 is 5.97 Å². The second-order valence-corrected chi connectivity index (χ2v) is 5.36. The molecular weight excluding hydrogens is 291 g/mol. The predicted octanol–water partition coefficient (Wildman–Crippen LogP) is 3.86. The first-order chi connectivity index (χ1) is 10.1. The molecule has 6 heteroatoms. The lowest BCUT2D eigenvalue weighted by Crippen LogP contribution is -2.03. The SMILES string of the molecule is CC(=O)Oc1cc2c(/C=C\c3cccs3)n[nH]c2cc1F. The molecule has 21 heavy (non-hydrogen) atoms. The van der Waals surface area contributed by atoms with E-state index in [1.165, 1.54) is 19.1 Å². The van der Waals surface area contributed by atoms with Gasteiger partial charge < -0.3 is 4.74 Å². The van der Waals surface area contributed by atoms with Crippen LogP contribution in [0.15, 0.2) is 29.6 Å². The van der Waals surface area contributed by atoms with E-state index in [1.54, 1.807) is 11.3 Å². The first kappa shape index (κ1) is 13.5. The summed E-state index contributed by atoms with van der Waals surface area (Å²) in [6, 6.07) is 6.69. The standard InChI is InChI=1S/C15H11FN2O2S/c1-9(19)20-15-7-11-13(5-4-10-3-2-6-21-10)17-18-14(11)8-12(15)16/h2-8H,1H3,(H,17,18)/b5-4-. The van der Waals surface area contributed by atoms with E-state index in [0.29, 0.717) is 16.6 Å². The van der Waals surface area contributed by atoms with Crippen LogP contribution in [0.3, 0.4) is 0 Å². The highest BCUT2D eigenvalue weighted by molar-refractivity contribution is 7.10. The fraction of sp³-hybridized carbons (Fsp3) is 0.0667. The number of esters is 1. The van der Waals surface area contributed by atoms with Crippen LogP contribution in [-0.4, -0.2) is 16.2 Å². The number of carbonyl (C=O) groups is 1. The van der Waals surface area contributed by atoms with Crippen LogP contribution in [0.25, 0.3) is 23.1 Å². The molecule has 0 spiro atoms. The number of aromatic nitrogens is 2. The van der Waals surface area contributed by atoms with Gasteiger partial charge in [-0.2, -0.15) is 5.10 Å². The lowest BCUT2D eigenvalue weighted by Gasteiger charge is -2.02. The van der Waals surface area contributed by atoms with Crippen LogP contribution in [-0.2, 0) is 4.79 Å². The summed E-state index contributed by atoms with van der Waals surface area (Å²) in [5.74, 6) is -1.26. The molecule has 2 aromatic heterocycles. The quantitative estimate of drug-likeness (QED) is 0.590. The van der Waals surface area contributed by atoms with Crippen LogP contribution in [0, 0.1) is 5.82 Å². The molecular formula is C15H11FN2O2S. The van der Waals surface area contributed by atoms with Crippen LogP contribution >= 0.6 is 11.3 Å². The Morgan fingerprint density at radius 3 is 3.00 bits per heavy atom. The van der Waals surface area contributed by atoms with Crippen LogP contribution in [0.5, 0.6) is 5.75 Å². The number of H-pyrrole nitrogens is 1. The Morgan fingerprint density at radius 2 is 2.29 bits per heavy atom. The summed E-state index contributed by atoms with van der Waals surface area (Å²) in [5, 5.41) is 9.58. The van der Waals surface area contributed by atoms with E-state index in [-0.39, 0.29) is 5.75 Å². The van der Waals surface area contributed by atoms with Gasteiger partial charge in [0.1, 0.15) is 0 Å². The molecule has 0 aliphatic heterocycles. The van der Waals surface area contributed by atoms with Gasteiger partial charge in [-0.05, 0) is 29.7 Å². The van der Waals surface area contributed by atoms with E-state index in [1.807, 2.05) is 29.7 Å². The van der Waals surface area contributed by atoms with E-state index in [0.717, 1.165) is 4.88 Å². The third kappa shape index (κ3) is 2.85. The summed E-state index contributed by atoms with van der Waals surface area (Å²) in [5.41, 5.74) is 1.21. The molecule has 0 amide bonds. The minimum Gasteiger partial charge on any atom is -0.424 e. The Bertz CT molecular complexity index is 822. The van der Waals surface area contributed by atoms with Gasteiger partial charge in [0.05, 0.1) is 11.2 Å². The van der Waals surface area contributed by atoms with Crippen molar-refractivity contribution in [3.05, 3.63) is 46.0 Å². The Labute approximate surface area is 123 Å². The third-order valence-electron chi connectivity index (χ3n) is 2.85. The Balaban J connectivity index is 2.02. The largest absolute Gasteiger partial charge is 0.424 e. The number of rotatable bonds is 3. The summed E-state index contributed by atoms with van der Waals surface area (Å²) in [4.78, 5) is 12.1. The lowest BCUT2D eigenvalue weighted by atomic mass is 10.2. The lowest BCUT2D eigenvalue weighted by molar-refractivity contribution is -0.132. The van der Waals surface area contributed by atoms with Gasteiger partial charge in [-0.15, -0.1) is 11.3 Å². The minimum absolute atomic E-state index is 0.0952. The van der Waals surface area contributed by atoms with Crippen molar-refractivity contribution in [1.29, 1.82) is 0 Å². The van der Waals surface area contributed by atoms with Crippen LogP contribution in [0.2, 0.25) is 0 Å². The highest BCUT2D eigenvalue weighted by Crippen LogP contribution is 2.27. The second-order valence-electron chi connectivity index (χ2n) is 4.38. The van der Waals surface area contributed by atoms with Gasteiger partial charge in [-0.25, -0.2) is 4.39 Å². The number of benzene rings is 1. The molecule has 0 aliphatic rings. The van der Waals surface area contributed by atoms with Gasteiger partial charge in [-0.3, -0.25) is 9.89 Å². The molecule has 0 fully saturated rings. The van der Waals surface area contributed by atoms with Crippen molar-refractivity contribution in [1.82, 2.24) is 10.2 Å². The summed E-state index contributed by atoms with van der Waals surface area (Å²) < 4.78 is 18.6. The van der Waals surface area contributed by atoms with E-state index in [2.05, 4.69) is 10.2 Å². The molecule has 0 aliphatic carbocycles. The predicted molar refractivity (Wildman–Crippen MR) is 80.6 cm³/mol. The number of hydrogen-bond acceptors (Lipinski definition) is 4. The molecule has 106 valence electrons. The van der Waals surface area contributed by atoms with Crippen molar-refractivity contribution in [2.24, 2.45) is 0 Å². The monoisotopic (exact) mass is 302 g/mol. The van der Waals surface area contributed by atoms with Crippen LogP contribution < -0.4 is 4.74 Å². The highest BCUT2D eigenvalue weighted by atomic mass is 32.1. The Morgan fingerprint density at radius 1 is 1.43 bits per heavy atom. The molecule has 0 saturated heterocycles. The maximum Gasteiger partial charge on any atom is 0.308 e. The fourth-order valence-electron chi connectivity index (χ4n) is 1.95. The molecule has 0 atom stereocenters. The average molecular weight is 302 g/mol.